The van der Waals surface area contributed by atoms with Gasteiger partial charge in [-0.1, -0.05) is 0 Å². The maximum absolute atomic E-state index is 5.89. The van der Waals surface area contributed by atoms with Crippen LogP contribution in [0.1, 0.15) is 31.5 Å². The van der Waals surface area contributed by atoms with Crippen molar-refractivity contribution >= 4 is 22.6 Å². The van der Waals surface area contributed by atoms with E-state index < -0.39 is 0 Å². The van der Waals surface area contributed by atoms with E-state index in [9.17, 15) is 0 Å². The minimum Gasteiger partial charge on any atom is -0.378 e. The molecule has 0 N–H and O–H groups in total. The van der Waals surface area contributed by atoms with Crippen LogP contribution in [0.4, 0.5) is 0 Å². The number of imidazole rings is 1. The molecule has 20 heavy (non-hydrogen) atoms. The first-order chi connectivity index (χ1) is 9.88. The molecule has 1 aliphatic heterocycles. The molecule has 4 nitrogen and oxygen atoms in total. The molecule has 108 valence electrons. The summed E-state index contributed by atoms with van der Waals surface area (Å²) in [6.45, 7) is 1.85. The number of pyridine rings is 1. The monoisotopic (exact) mass is 293 g/mol. The lowest BCUT2D eigenvalue weighted by atomic mass is 10.1. The molecule has 3 heterocycles. The van der Waals surface area contributed by atoms with Crippen molar-refractivity contribution in [1.82, 2.24) is 14.5 Å². The number of halogens is 1. The van der Waals surface area contributed by atoms with Crippen molar-refractivity contribution in [3.63, 3.8) is 0 Å². The van der Waals surface area contributed by atoms with Crippen LogP contribution in [0.5, 0.6) is 0 Å². The van der Waals surface area contributed by atoms with Gasteiger partial charge in [-0.25, -0.2) is 4.98 Å². The Balaban J connectivity index is 1.79. The van der Waals surface area contributed by atoms with E-state index in [1.807, 2.05) is 18.5 Å². The number of rotatable bonds is 5. The van der Waals surface area contributed by atoms with Crippen LogP contribution in [0.3, 0.4) is 0 Å². The van der Waals surface area contributed by atoms with Crippen molar-refractivity contribution in [2.24, 2.45) is 0 Å². The van der Waals surface area contributed by atoms with Crippen LogP contribution in [-0.2, 0) is 17.7 Å². The Morgan fingerprint density at radius 3 is 3.15 bits per heavy atom. The normalized spacial score (nSPS) is 19.6. The Morgan fingerprint density at radius 1 is 1.40 bits per heavy atom. The van der Waals surface area contributed by atoms with E-state index in [1.165, 1.54) is 19.3 Å². The van der Waals surface area contributed by atoms with Gasteiger partial charge in [0.1, 0.15) is 11.3 Å². The maximum atomic E-state index is 5.89. The van der Waals surface area contributed by atoms with Crippen molar-refractivity contribution in [2.75, 3.05) is 12.5 Å². The van der Waals surface area contributed by atoms with Crippen molar-refractivity contribution in [1.29, 1.82) is 0 Å². The molecule has 0 aliphatic carbocycles. The Labute approximate surface area is 124 Å². The van der Waals surface area contributed by atoms with Crippen molar-refractivity contribution in [3.05, 3.63) is 24.3 Å². The fourth-order valence-electron chi connectivity index (χ4n) is 2.86. The highest BCUT2D eigenvalue weighted by molar-refractivity contribution is 6.17. The van der Waals surface area contributed by atoms with Gasteiger partial charge in [0.15, 0.2) is 0 Å². The van der Waals surface area contributed by atoms with E-state index in [-0.39, 0.29) is 0 Å². The summed E-state index contributed by atoms with van der Waals surface area (Å²) in [7, 11) is 0. The summed E-state index contributed by atoms with van der Waals surface area (Å²) >= 11 is 5.89. The molecule has 0 saturated carbocycles. The summed E-state index contributed by atoms with van der Waals surface area (Å²) in [5, 5.41) is 0. The van der Waals surface area contributed by atoms with E-state index in [0.29, 0.717) is 12.0 Å². The van der Waals surface area contributed by atoms with E-state index >= 15 is 0 Å². The van der Waals surface area contributed by atoms with Crippen molar-refractivity contribution < 1.29 is 4.74 Å². The molecule has 0 bridgehead atoms. The largest absolute Gasteiger partial charge is 0.378 e. The lowest BCUT2D eigenvalue weighted by molar-refractivity contribution is 0.00887. The van der Waals surface area contributed by atoms with Crippen LogP contribution in [0.25, 0.3) is 11.0 Å². The molecule has 1 aliphatic rings. The Kier molecular flexibility index (Phi) is 4.53. The minimum absolute atomic E-state index is 0.395. The number of fused-ring (bicyclic) bond motifs is 1. The molecular formula is C15H20ClN3O. The molecule has 0 spiro atoms. The van der Waals surface area contributed by atoms with E-state index in [0.717, 1.165) is 42.9 Å². The zero-order valence-corrected chi connectivity index (χ0v) is 12.4. The van der Waals surface area contributed by atoms with Gasteiger partial charge in [-0.3, -0.25) is 4.98 Å². The lowest BCUT2D eigenvalue weighted by Gasteiger charge is -2.23. The predicted molar refractivity (Wildman–Crippen MR) is 80.2 cm³/mol. The number of aromatic nitrogens is 3. The Bertz CT molecular complexity index is 563. The average molecular weight is 294 g/mol. The van der Waals surface area contributed by atoms with Crippen molar-refractivity contribution in [2.45, 2.75) is 44.8 Å². The van der Waals surface area contributed by atoms with Crippen LogP contribution < -0.4 is 0 Å². The third-order valence-electron chi connectivity index (χ3n) is 3.90. The number of hydrogen-bond donors (Lipinski definition) is 0. The zero-order valence-electron chi connectivity index (χ0n) is 11.6. The highest BCUT2D eigenvalue weighted by Gasteiger charge is 2.16. The molecule has 1 unspecified atom stereocenters. The first kappa shape index (κ1) is 13.8. The number of nitrogens with zero attached hydrogens (tertiary/aromatic N) is 3. The van der Waals surface area contributed by atoms with Gasteiger partial charge in [0.05, 0.1) is 17.8 Å². The second-order valence-electron chi connectivity index (χ2n) is 5.26. The maximum Gasteiger partial charge on any atom is 0.111 e. The quantitative estimate of drug-likeness (QED) is 0.795. The third kappa shape index (κ3) is 2.96. The third-order valence-corrected chi connectivity index (χ3v) is 4.09. The van der Waals surface area contributed by atoms with Crippen LogP contribution in [0.2, 0.25) is 0 Å². The fraction of sp³-hybridized carbons (Fsp3) is 0.600. The van der Waals surface area contributed by atoms with Gasteiger partial charge in [0.25, 0.3) is 0 Å². The molecular weight excluding hydrogens is 274 g/mol. The van der Waals surface area contributed by atoms with Crippen LogP contribution >= 0.6 is 11.6 Å². The SMILES string of the molecule is ClCCc1nc2cnccc2n1CCC1CCCCO1. The molecule has 0 radical (unpaired) electrons. The molecule has 1 atom stereocenters. The summed E-state index contributed by atoms with van der Waals surface area (Å²) in [6.07, 6.45) is 9.54. The number of aryl methyl sites for hydroxylation is 2. The smallest absolute Gasteiger partial charge is 0.111 e. The Hall–Kier alpha value is -1.13. The summed E-state index contributed by atoms with van der Waals surface area (Å²) in [5.74, 6) is 1.65. The first-order valence-electron chi connectivity index (χ1n) is 7.35. The van der Waals surface area contributed by atoms with E-state index in [1.54, 1.807) is 0 Å². The van der Waals surface area contributed by atoms with Gasteiger partial charge < -0.3 is 9.30 Å². The van der Waals surface area contributed by atoms with Crippen LogP contribution in [0, 0.1) is 0 Å². The second-order valence-corrected chi connectivity index (χ2v) is 5.64. The Morgan fingerprint density at radius 2 is 2.35 bits per heavy atom. The highest BCUT2D eigenvalue weighted by atomic mass is 35.5. The molecule has 1 saturated heterocycles. The number of alkyl halides is 1. The topological polar surface area (TPSA) is 39.9 Å². The van der Waals surface area contributed by atoms with Gasteiger partial charge in [-0.05, 0) is 31.7 Å². The second kappa shape index (κ2) is 6.55. The molecule has 0 aromatic carbocycles. The number of hydrogen-bond acceptors (Lipinski definition) is 3. The fourth-order valence-corrected chi connectivity index (χ4v) is 3.03. The lowest BCUT2D eigenvalue weighted by Crippen LogP contribution is -2.21. The highest BCUT2D eigenvalue weighted by Crippen LogP contribution is 2.20. The minimum atomic E-state index is 0.395. The van der Waals surface area contributed by atoms with Gasteiger partial charge in [0.2, 0.25) is 0 Å². The van der Waals surface area contributed by atoms with Crippen LogP contribution in [-0.4, -0.2) is 33.1 Å². The van der Waals surface area contributed by atoms with Gasteiger partial charge in [-0.15, -0.1) is 11.6 Å². The molecule has 5 heteroatoms. The zero-order chi connectivity index (χ0) is 13.8. The van der Waals surface area contributed by atoms with Gasteiger partial charge in [-0.2, -0.15) is 0 Å². The first-order valence-corrected chi connectivity index (χ1v) is 7.88. The molecule has 2 aromatic heterocycles. The summed E-state index contributed by atoms with van der Waals surface area (Å²) < 4.78 is 8.09. The number of ether oxygens (including phenoxy) is 1. The van der Waals surface area contributed by atoms with E-state index in [4.69, 9.17) is 16.3 Å². The van der Waals surface area contributed by atoms with Gasteiger partial charge in [0, 0.05) is 31.6 Å². The summed E-state index contributed by atoms with van der Waals surface area (Å²) in [5.41, 5.74) is 2.10. The summed E-state index contributed by atoms with van der Waals surface area (Å²) in [4.78, 5) is 8.79. The van der Waals surface area contributed by atoms with Crippen molar-refractivity contribution in [3.8, 4) is 0 Å². The molecule has 0 amide bonds. The van der Waals surface area contributed by atoms with E-state index in [2.05, 4.69) is 14.5 Å². The molecule has 3 rings (SSSR count). The summed E-state index contributed by atoms with van der Waals surface area (Å²) in [6, 6.07) is 2.03. The van der Waals surface area contributed by atoms with Crippen LogP contribution in [0.15, 0.2) is 18.5 Å². The predicted octanol–water partition coefficient (Wildman–Crippen LogP) is 3.17. The van der Waals surface area contributed by atoms with Gasteiger partial charge >= 0.3 is 0 Å². The molecule has 1 fully saturated rings. The molecule has 2 aromatic rings. The standard InChI is InChI=1S/C15H20ClN3O/c16-7-4-15-18-13-11-17-8-5-14(13)19(15)9-6-12-3-1-2-10-20-12/h5,8,11-12H,1-4,6-7,9-10H2. The average Bonchev–Trinajstić information content (AvgIpc) is 2.84.